The van der Waals surface area contributed by atoms with Gasteiger partial charge in [0.1, 0.15) is 24.9 Å². The Morgan fingerprint density at radius 1 is 0.571 bits per heavy atom. The summed E-state index contributed by atoms with van der Waals surface area (Å²) < 4.78 is 0.479. The molecule has 280 valence electrons. The molecule has 0 amide bonds. The van der Waals surface area contributed by atoms with Gasteiger partial charge in [0.25, 0.3) is 0 Å². The Morgan fingerprint density at radius 3 is 1.12 bits per heavy atom. The third kappa shape index (κ3) is 25.1. The summed E-state index contributed by atoms with van der Waals surface area (Å²) in [6, 6.07) is 0. The third-order valence-corrected chi connectivity index (χ3v) is 8.71. The Kier molecular flexibility index (Phi) is 31.9. The van der Waals surface area contributed by atoms with Gasteiger partial charge in [-0.3, -0.25) is 9.59 Å². The van der Waals surface area contributed by atoms with Gasteiger partial charge in [0, 0.05) is 23.8 Å². The molecule has 0 aromatic carbocycles. The number of carbonyl (C=O) groups is 4. The maximum Gasteiger partial charge on any atom is 2.00 e. The molecule has 6 unspecified atom stereocenters. The van der Waals surface area contributed by atoms with Crippen LogP contribution in [-0.4, -0.2) is 157 Å². The summed E-state index contributed by atoms with van der Waals surface area (Å²) in [7, 11) is 0. The van der Waals surface area contributed by atoms with Crippen molar-refractivity contribution >= 4 is 61.6 Å². The van der Waals surface area contributed by atoms with Gasteiger partial charge in [0.15, 0.2) is 0 Å². The Balaban J connectivity index is -0.000000846. The van der Waals surface area contributed by atoms with E-state index in [2.05, 4.69) is 26.0 Å². The van der Waals surface area contributed by atoms with E-state index in [0.717, 1.165) is 38.5 Å². The predicted octanol–water partition coefficient (Wildman–Crippen LogP) is 1.70. The van der Waals surface area contributed by atoms with Crippen molar-refractivity contribution < 1.29 is 58.8 Å². The fourth-order valence-corrected chi connectivity index (χ4v) is 5.90. The van der Waals surface area contributed by atoms with Crippen molar-refractivity contribution in [3.8, 4) is 0 Å². The van der Waals surface area contributed by atoms with Gasteiger partial charge in [-0.1, -0.05) is 65.5 Å². The molecule has 0 aliphatic rings. The van der Waals surface area contributed by atoms with Crippen molar-refractivity contribution in [2.24, 2.45) is 23.7 Å². The van der Waals surface area contributed by atoms with Crippen LogP contribution in [0.3, 0.4) is 0 Å². The monoisotopic (exact) mass is 726 g/mol. The molecule has 0 saturated carbocycles. The number of aliphatic hydroxyl groups excluding tert-OH is 2. The molecule has 0 aromatic rings. The minimum atomic E-state index is -1.15. The van der Waals surface area contributed by atoms with Crippen LogP contribution in [0.15, 0.2) is 24.3 Å². The predicted molar refractivity (Wildman–Crippen MR) is 188 cm³/mol. The molecule has 0 fully saturated rings. The van der Waals surface area contributed by atoms with Crippen molar-refractivity contribution in [3.63, 3.8) is 0 Å². The van der Waals surface area contributed by atoms with Gasteiger partial charge in [0.05, 0.1) is 52.5 Å². The molecule has 0 heterocycles. The second kappa shape index (κ2) is 30.1. The number of hydrogen-bond acceptors (Lipinski definition) is 8. The van der Waals surface area contributed by atoms with Crippen molar-refractivity contribution in [3.05, 3.63) is 24.3 Å². The van der Waals surface area contributed by atoms with E-state index in [9.17, 15) is 49.8 Å². The summed E-state index contributed by atoms with van der Waals surface area (Å²) in [6.07, 6.45) is 16.9. The van der Waals surface area contributed by atoms with Gasteiger partial charge < -0.3 is 49.2 Å². The Labute approximate surface area is 325 Å². The van der Waals surface area contributed by atoms with E-state index in [1.54, 1.807) is 27.7 Å². The first kappa shape index (κ1) is 51.8. The zero-order valence-electron chi connectivity index (χ0n) is 31.2. The van der Waals surface area contributed by atoms with Crippen molar-refractivity contribution in [1.29, 1.82) is 0 Å². The number of hydrogen-bond donors (Lipinski definition) is 4. The fourth-order valence-electron chi connectivity index (χ4n) is 5.90. The average Bonchev–Trinajstić information content (AvgIpc) is 3.00. The second-order valence-corrected chi connectivity index (χ2v) is 13.5. The number of unbranched alkanes of at least 4 members (excludes halogenated alkanes) is 6. The summed E-state index contributed by atoms with van der Waals surface area (Å²) in [6.45, 7) is 13.2. The fraction of sp³-hybridized carbons (Fsp3) is 0.778. The summed E-state index contributed by atoms with van der Waals surface area (Å²) in [5, 5.41) is 59.5. The van der Waals surface area contributed by atoms with E-state index in [1.807, 2.05) is 12.2 Å². The number of carbonyl (C=O) groups excluding carboxylic acids is 2. The molecule has 13 heteroatoms. The largest absolute Gasteiger partial charge is 2.00 e. The van der Waals surface area contributed by atoms with Crippen LogP contribution < -0.4 is 10.2 Å². The van der Waals surface area contributed by atoms with Crippen LogP contribution in [0.4, 0.5) is 0 Å². The van der Waals surface area contributed by atoms with E-state index in [-0.39, 0.29) is 86.1 Å². The van der Waals surface area contributed by atoms with Crippen molar-refractivity contribution in [2.75, 3.05) is 65.6 Å². The van der Waals surface area contributed by atoms with Crippen LogP contribution in [0.1, 0.15) is 92.9 Å². The first-order valence-corrected chi connectivity index (χ1v) is 17.6. The van der Waals surface area contributed by atoms with Crippen LogP contribution in [-0.2, 0) is 19.2 Å². The first-order chi connectivity index (χ1) is 22.6. The zero-order chi connectivity index (χ0) is 37.2. The van der Waals surface area contributed by atoms with E-state index in [0.29, 0.717) is 26.2 Å². The molecule has 0 spiro atoms. The van der Waals surface area contributed by atoms with Gasteiger partial charge in [-0.15, -0.1) is 0 Å². The third-order valence-electron chi connectivity index (χ3n) is 8.71. The SMILES string of the molecule is CCCCC/C=C/C[N+](CCO)(CC(C)C(=O)[O-])CC(C)C(=O)O.CCCCC/C=C/C[N+](CCO)(CC(C)C(=O)[O-])CC(C)C(=O)O.[Ca+2]. The van der Waals surface area contributed by atoms with Crippen LogP contribution in [0.2, 0.25) is 0 Å². The van der Waals surface area contributed by atoms with Crippen molar-refractivity contribution in [2.45, 2.75) is 92.9 Å². The molecule has 6 atom stereocenters. The van der Waals surface area contributed by atoms with Gasteiger partial charge in [0.2, 0.25) is 0 Å². The number of quaternary nitrogens is 2. The summed E-state index contributed by atoms with van der Waals surface area (Å²) >= 11 is 0. The van der Waals surface area contributed by atoms with Gasteiger partial charge in [-0.05, 0) is 51.7 Å². The number of allylic oxidation sites excluding steroid dienone is 2. The molecule has 0 aliphatic heterocycles. The summed E-state index contributed by atoms with van der Waals surface area (Å²) in [4.78, 5) is 44.7. The quantitative estimate of drug-likeness (QED) is 0.0399. The van der Waals surface area contributed by atoms with Gasteiger partial charge >= 0.3 is 49.7 Å². The standard InChI is InChI=1S/2C18H33NO5.Ca/c2*1-4-5-6-7-8-9-10-19(11-12-20,13-15(2)17(21)22)14-16(3)18(23)24;/h2*8-9,15-16,20H,4-7,10-14H2,1-3H3,(H-,21,22,23,24);/q;;+2/b2*9-8+;. The molecular weight excluding hydrogens is 660 g/mol. The molecular formula is C36H66CaN2O10+2. The van der Waals surface area contributed by atoms with Crippen molar-refractivity contribution in [1.82, 2.24) is 0 Å². The van der Waals surface area contributed by atoms with Crippen LogP contribution in [0.25, 0.3) is 0 Å². The smallest absolute Gasteiger partial charge is 0.550 e. The van der Waals surface area contributed by atoms with E-state index < -0.39 is 47.5 Å². The minimum absolute atomic E-state index is 0. The first-order valence-electron chi connectivity index (χ1n) is 17.6. The Bertz CT molecular complexity index is 855. The topological polar surface area (TPSA) is 195 Å². The van der Waals surface area contributed by atoms with E-state index in [4.69, 9.17) is 0 Å². The molecule has 12 nitrogen and oxygen atoms in total. The second-order valence-electron chi connectivity index (χ2n) is 13.5. The maximum atomic E-state index is 11.2. The number of aliphatic carboxylic acids is 4. The van der Waals surface area contributed by atoms with E-state index >= 15 is 0 Å². The normalized spacial score (nSPS) is 16.3. The zero-order valence-corrected chi connectivity index (χ0v) is 33.4. The van der Waals surface area contributed by atoms with Crippen LogP contribution >= 0.6 is 0 Å². The van der Waals surface area contributed by atoms with Crippen LogP contribution in [0, 0.1) is 23.7 Å². The number of aliphatic hydroxyl groups is 2. The molecule has 0 rings (SSSR count). The molecule has 0 radical (unpaired) electrons. The molecule has 0 bridgehead atoms. The molecule has 0 aromatic heterocycles. The van der Waals surface area contributed by atoms with E-state index in [1.165, 1.54) is 12.8 Å². The minimum Gasteiger partial charge on any atom is -0.550 e. The maximum absolute atomic E-state index is 11.2. The molecule has 0 saturated heterocycles. The molecule has 49 heavy (non-hydrogen) atoms. The van der Waals surface area contributed by atoms with Crippen LogP contribution in [0.5, 0.6) is 0 Å². The summed E-state index contributed by atoms with van der Waals surface area (Å²) in [5.41, 5.74) is 0. The van der Waals surface area contributed by atoms with Gasteiger partial charge in [-0.25, -0.2) is 0 Å². The number of carboxylic acid groups (broad SMARTS) is 4. The Hall–Kier alpha value is -1.54. The van der Waals surface area contributed by atoms with Gasteiger partial charge in [-0.2, -0.15) is 0 Å². The Morgan fingerprint density at radius 2 is 0.878 bits per heavy atom. The number of nitrogens with zero attached hydrogens (tertiary/aromatic N) is 2. The molecule has 0 aliphatic carbocycles. The number of carboxylic acids is 4. The summed E-state index contributed by atoms with van der Waals surface area (Å²) in [5.74, 6) is -6.75. The number of rotatable bonds is 28. The average molecular weight is 727 g/mol. The molecule has 4 N–H and O–H groups in total.